The SMILES string of the molecule is Cc1nnc(SCCn2cc(C(=O)O)nn2)s1. The summed E-state index contributed by atoms with van der Waals surface area (Å²) in [6.07, 6.45) is 1.41. The van der Waals surface area contributed by atoms with Gasteiger partial charge in [-0.05, 0) is 6.92 Å². The van der Waals surface area contributed by atoms with Gasteiger partial charge in [0.25, 0.3) is 0 Å². The number of carboxylic acids is 1. The Balaban J connectivity index is 1.83. The van der Waals surface area contributed by atoms with E-state index in [-0.39, 0.29) is 5.69 Å². The first-order valence-electron chi connectivity index (χ1n) is 4.71. The van der Waals surface area contributed by atoms with E-state index in [0.717, 1.165) is 15.1 Å². The van der Waals surface area contributed by atoms with Crippen molar-refractivity contribution in [1.29, 1.82) is 0 Å². The Labute approximate surface area is 105 Å². The Morgan fingerprint density at radius 2 is 2.35 bits per heavy atom. The van der Waals surface area contributed by atoms with Crippen molar-refractivity contribution < 1.29 is 9.90 Å². The van der Waals surface area contributed by atoms with E-state index < -0.39 is 5.97 Å². The van der Waals surface area contributed by atoms with Crippen molar-refractivity contribution in [3.8, 4) is 0 Å². The van der Waals surface area contributed by atoms with Gasteiger partial charge < -0.3 is 5.11 Å². The van der Waals surface area contributed by atoms with Gasteiger partial charge in [-0.3, -0.25) is 4.68 Å². The quantitative estimate of drug-likeness (QED) is 0.808. The van der Waals surface area contributed by atoms with E-state index >= 15 is 0 Å². The van der Waals surface area contributed by atoms with E-state index in [4.69, 9.17) is 5.11 Å². The molecule has 0 aliphatic carbocycles. The van der Waals surface area contributed by atoms with Crippen LogP contribution in [0.3, 0.4) is 0 Å². The zero-order chi connectivity index (χ0) is 12.3. The number of aromatic carboxylic acids is 1. The molecule has 0 aliphatic heterocycles. The predicted molar refractivity (Wildman–Crippen MR) is 62.4 cm³/mol. The van der Waals surface area contributed by atoms with Gasteiger partial charge >= 0.3 is 5.97 Å². The molecule has 0 fully saturated rings. The third kappa shape index (κ3) is 3.24. The molecule has 0 saturated carbocycles. The highest BCUT2D eigenvalue weighted by Crippen LogP contribution is 2.21. The molecule has 0 amide bonds. The lowest BCUT2D eigenvalue weighted by molar-refractivity contribution is 0.0690. The lowest BCUT2D eigenvalue weighted by Gasteiger charge is -1.96. The third-order valence-corrected chi connectivity index (χ3v) is 3.76. The Kier molecular flexibility index (Phi) is 3.69. The first-order chi connectivity index (χ1) is 8.15. The largest absolute Gasteiger partial charge is 0.476 e. The summed E-state index contributed by atoms with van der Waals surface area (Å²) in [6, 6.07) is 0. The van der Waals surface area contributed by atoms with Crippen molar-refractivity contribution in [3.63, 3.8) is 0 Å². The van der Waals surface area contributed by atoms with Crippen molar-refractivity contribution in [2.24, 2.45) is 0 Å². The van der Waals surface area contributed by atoms with Gasteiger partial charge in [0, 0.05) is 5.75 Å². The fraction of sp³-hybridized carbons (Fsp3) is 0.375. The first kappa shape index (κ1) is 12.0. The van der Waals surface area contributed by atoms with Gasteiger partial charge in [-0.1, -0.05) is 28.3 Å². The molecule has 0 spiro atoms. The minimum absolute atomic E-state index is 0.0400. The van der Waals surface area contributed by atoms with Crippen LogP contribution in [0.25, 0.3) is 0 Å². The van der Waals surface area contributed by atoms with Gasteiger partial charge in [-0.15, -0.1) is 15.3 Å². The number of carbonyl (C=O) groups is 1. The van der Waals surface area contributed by atoms with Crippen LogP contribution in [-0.4, -0.2) is 42.0 Å². The summed E-state index contributed by atoms with van der Waals surface area (Å²) in [7, 11) is 0. The normalized spacial score (nSPS) is 10.6. The summed E-state index contributed by atoms with van der Waals surface area (Å²) >= 11 is 3.10. The topological polar surface area (TPSA) is 93.8 Å². The molecule has 9 heteroatoms. The van der Waals surface area contributed by atoms with Gasteiger partial charge in [-0.2, -0.15) is 0 Å². The molecule has 0 saturated heterocycles. The smallest absolute Gasteiger partial charge is 0.358 e. The number of carboxylic acid groups (broad SMARTS) is 1. The fourth-order valence-electron chi connectivity index (χ4n) is 1.07. The van der Waals surface area contributed by atoms with Gasteiger partial charge in [0.05, 0.1) is 12.7 Å². The molecule has 2 rings (SSSR count). The van der Waals surface area contributed by atoms with Crippen LogP contribution in [0.2, 0.25) is 0 Å². The van der Waals surface area contributed by atoms with E-state index in [1.807, 2.05) is 6.92 Å². The number of aromatic nitrogens is 5. The lowest BCUT2D eigenvalue weighted by atomic mass is 10.5. The summed E-state index contributed by atoms with van der Waals surface area (Å²) < 4.78 is 2.41. The Hall–Kier alpha value is -1.48. The molecule has 0 bridgehead atoms. The highest BCUT2D eigenvalue weighted by Gasteiger charge is 2.08. The van der Waals surface area contributed by atoms with E-state index in [1.54, 1.807) is 11.8 Å². The van der Waals surface area contributed by atoms with Crippen molar-refractivity contribution in [2.75, 3.05) is 5.75 Å². The van der Waals surface area contributed by atoms with Crippen molar-refractivity contribution in [2.45, 2.75) is 17.8 Å². The van der Waals surface area contributed by atoms with Gasteiger partial charge in [0.2, 0.25) is 0 Å². The monoisotopic (exact) mass is 271 g/mol. The molecule has 0 aromatic carbocycles. The molecule has 2 heterocycles. The summed E-state index contributed by atoms with van der Waals surface area (Å²) in [5.41, 5.74) is -0.0400. The second kappa shape index (κ2) is 5.23. The first-order valence-corrected chi connectivity index (χ1v) is 6.51. The average Bonchev–Trinajstić information content (AvgIpc) is 2.88. The second-order valence-corrected chi connectivity index (χ2v) is 5.63. The molecule has 2 aromatic heterocycles. The summed E-state index contributed by atoms with van der Waals surface area (Å²) in [4.78, 5) is 10.6. The fourth-order valence-corrected chi connectivity index (χ4v) is 2.88. The molecule has 0 aliphatic rings. The number of nitrogens with zero attached hydrogens (tertiary/aromatic N) is 5. The van der Waals surface area contributed by atoms with Crippen LogP contribution in [0.5, 0.6) is 0 Å². The van der Waals surface area contributed by atoms with Crippen LogP contribution >= 0.6 is 23.1 Å². The summed E-state index contributed by atoms with van der Waals surface area (Å²) in [6.45, 7) is 2.49. The minimum atomic E-state index is -1.07. The number of thioether (sulfide) groups is 1. The van der Waals surface area contributed by atoms with Gasteiger partial charge in [0.15, 0.2) is 10.0 Å². The molecule has 90 valence electrons. The van der Waals surface area contributed by atoms with Crippen molar-refractivity contribution in [1.82, 2.24) is 25.2 Å². The number of hydrogen-bond acceptors (Lipinski definition) is 7. The van der Waals surface area contributed by atoms with E-state index in [9.17, 15) is 4.79 Å². The van der Waals surface area contributed by atoms with Crippen LogP contribution in [0.4, 0.5) is 0 Å². The number of hydrogen-bond donors (Lipinski definition) is 1. The van der Waals surface area contributed by atoms with E-state index in [0.29, 0.717) is 6.54 Å². The minimum Gasteiger partial charge on any atom is -0.476 e. The van der Waals surface area contributed by atoms with Gasteiger partial charge in [-0.25, -0.2) is 4.79 Å². The Morgan fingerprint density at radius 3 is 2.94 bits per heavy atom. The maximum absolute atomic E-state index is 10.6. The predicted octanol–water partition coefficient (Wildman–Crippen LogP) is 0.929. The second-order valence-electron chi connectivity index (χ2n) is 3.11. The van der Waals surface area contributed by atoms with E-state index in [2.05, 4.69) is 20.5 Å². The van der Waals surface area contributed by atoms with Gasteiger partial charge in [0.1, 0.15) is 5.01 Å². The number of rotatable bonds is 5. The third-order valence-electron chi connectivity index (χ3n) is 1.81. The zero-order valence-electron chi connectivity index (χ0n) is 8.90. The van der Waals surface area contributed by atoms with Crippen LogP contribution < -0.4 is 0 Å². The Bertz CT molecular complexity index is 523. The van der Waals surface area contributed by atoms with E-state index in [1.165, 1.54) is 22.2 Å². The van der Waals surface area contributed by atoms with Crippen molar-refractivity contribution >= 4 is 29.1 Å². The van der Waals surface area contributed by atoms with Crippen LogP contribution in [0.15, 0.2) is 10.5 Å². The average molecular weight is 271 g/mol. The molecular formula is C8H9N5O2S2. The standard InChI is InChI=1S/C8H9N5O2S2/c1-5-9-11-8(17-5)16-3-2-13-4-6(7(14)15)10-12-13/h4H,2-3H2,1H3,(H,14,15). The molecule has 17 heavy (non-hydrogen) atoms. The van der Waals surface area contributed by atoms with Crippen molar-refractivity contribution in [3.05, 3.63) is 16.9 Å². The maximum Gasteiger partial charge on any atom is 0.358 e. The summed E-state index contributed by atoms with van der Waals surface area (Å²) in [5, 5.41) is 24.7. The maximum atomic E-state index is 10.6. The molecular weight excluding hydrogens is 262 g/mol. The molecule has 1 N–H and O–H groups in total. The van der Waals surface area contributed by atoms with Crippen LogP contribution in [-0.2, 0) is 6.54 Å². The van der Waals surface area contributed by atoms with Crippen LogP contribution in [0.1, 0.15) is 15.5 Å². The number of aryl methyl sites for hydroxylation is 2. The zero-order valence-corrected chi connectivity index (χ0v) is 10.5. The molecule has 7 nitrogen and oxygen atoms in total. The highest BCUT2D eigenvalue weighted by molar-refractivity contribution is 8.01. The Morgan fingerprint density at radius 1 is 1.53 bits per heavy atom. The molecule has 0 radical (unpaired) electrons. The lowest BCUT2D eigenvalue weighted by Crippen LogP contribution is -2.01. The highest BCUT2D eigenvalue weighted by atomic mass is 32.2. The molecule has 0 unspecified atom stereocenters. The van der Waals surface area contributed by atoms with Crippen LogP contribution in [0, 0.1) is 6.92 Å². The molecule has 0 atom stereocenters. The summed E-state index contributed by atoms with van der Waals surface area (Å²) in [5.74, 6) is -0.319. The molecule has 2 aromatic rings.